The zero-order chi connectivity index (χ0) is 16.9. The monoisotopic (exact) mass is 302 g/mol. The van der Waals surface area contributed by atoms with E-state index in [1.165, 1.54) is 0 Å². The number of fused-ring (bicyclic) bond motifs is 1. The molecule has 120 valence electrons. The molecule has 0 heterocycles. The van der Waals surface area contributed by atoms with Crippen LogP contribution in [0.3, 0.4) is 0 Å². The molecule has 0 amide bonds. The second kappa shape index (κ2) is 5.05. The van der Waals surface area contributed by atoms with Crippen molar-refractivity contribution in [1.29, 1.82) is 0 Å². The second-order valence-corrected chi connectivity index (χ2v) is 7.60. The van der Waals surface area contributed by atoms with Gasteiger partial charge in [0.1, 0.15) is 0 Å². The van der Waals surface area contributed by atoms with Crippen molar-refractivity contribution in [1.82, 2.24) is 0 Å². The van der Waals surface area contributed by atoms with E-state index in [1.807, 2.05) is 30.3 Å². The third kappa shape index (κ3) is 3.17. The molecule has 3 nitrogen and oxygen atoms in total. The molecule has 3 heteroatoms. The third-order valence-corrected chi connectivity index (χ3v) is 4.02. The van der Waals surface area contributed by atoms with Crippen molar-refractivity contribution in [3.63, 3.8) is 0 Å². The molecule has 2 rings (SSSR count). The number of aliphatic hydroxyl groups is 3. The summed E-state index contributed by atoms with van der Waals surface area (Å²) in [5, 5.41) is 33.1. The van der Waals surface area contributed by atoms with Gasteiger partial charge in [0.15, 0.2) is 0 Å². The van der Waals surface area contributed by atoms with Crippen LogP contribution in [0, 0.1) is 0 Å². The molecule has 0 atom stereocenters. The van der Waals surface area contributed by atoms with Gasteiger partial charge in [-0.05, 0) is 81.1 Å². The molecular formula is C19H26O3. The lowest BCUT2D eigenvalue weighted by Crippen LogP contribution is -2.22. The van der Waals surface area contributed by atoms with E-state index in [4.69, 9.17) is 0 Å². The van der Waals surface area contributed by atoms with Gasteiger partial charge in [-0.15, -0.1) is 0 Å². The van der Waals surface area contributed by atoms with Crippen molar-refractivity contribution < 1.29 is 15.3 Å². The van der Waals surface area contributed by atoms with Crippen LogP contribution < -0.4 is 0 Å². The zero-order valence-electron chi connectivity index (χ0n) is 14.2. The van der Waals surface area contributed by atoms with E-state index in [0.29, 0.717) is 5.56 Å². The highest BCUT2D eigenvalue weighted by atomic mass is 16.3. The summed E-state index contributed by atoms with van der Waals surface area (Å²) in [5.41, 5.74) is -0.837. The van der Waals surface area contributed by atoms with Gasteiger partial charge in [-0.3, -0.25) is 0 Å². The van der Waals surface area contributed by atoms with Crippen LogP contribution in [-0.4, -0.2) is 15.3 Å². The Kier molecular flexibility index (Phi) is 3.89. The van der Waals surface area contributed by atoms with Crippen molar-refractivity contribution in [2.45, 2.75) is 58.3 Å². The van der Waals surface area contributed by atoms with Gasteiger partial charge in [-0.1, -0.05) is 18.2 Å². The molecule has 22 heavy (non-hydrogen) atoms. The normalized spacial score (nSPS) is 13.7. The van der Waals surface area contributed by atoms with E-state index in [1.54, 1.807) is 41.5 Å². The number of rotatable bonds is 3. The predicted octanol–water partition coefficient (Wildman–Crippen LogP) is 3.52. The molecule has 0 unspecified atom stereocenters. The summed E-state index contributed by atoms with van der Waals surface area (Å²) in [7, 11) is 0. The van der Waals surface area contributed by atoms with Crippen LogP contribution in [0.4, 0.5) is 0 Å². The van der Waals surface area contributed by atoms with Gasteiger partial charge in [0.05, 0.1) is 16.8 Å². The maximum absolute atomic E-state index is 10.5. The Bertz CT molecular complexity index is 695. The Labute approximate surface area is 132 Å². The molecule has 0 saturated carbocycles. The van der Waals surface area contributed by atoms with E-state index in [9.17, 15) is 15.3 Å². The largest absolute Gasteiger partial charge is 0.386 e. The highest BCUT2D eigenvalue weighted by molar-refractivity contribution is 5.90. The van der Waals surface area contributed by atoms with Crippen molar-refractivity contribution in [3.8, 4) is 0 Å². The maximum Gasteiger partial charge on any atom is 0.0846 e. The standard InChI is InChI=1S/C19H26O3/c1-17(2,20)12-10-14-13(16(11-12)19(5,6)22)8-7-9-15(14)18(3,4)21/h7-11,20-22H,1-6H3. The summed E-state index contributed by atoms with van der Waals surface area (Å²) in [5.74, 6) is 0. The van der Waals surface area contributed by atoms with Crippen molar-refractivity contribution >= 4 is 10.8 Å². The average Bonchev–Trinajstić information content (AvgIpc) is 2.33. The molecular weight excluding hydrogens is 276 g/mol. The summed E-state index contributed by atoms with van der Waals surface area (Å²) in [6.45, 7) is 10.4. The van der Waals surface area contributed by atoms with Crippen LogP contribution in [0.5, 0.6) is 0 Å². The van der Waals surface area contributed by atoms with Crippen LogP contribution in [0.2, 0.25) is 0 Å². The van der Waals surface area contributed by atoms with E-state index in [2.05, 4.69) is 0 Å². The highest BCUT2D eigenvalue weighted by Crippen LogP contribution is 2.37. The maximum atomic E-state index is 10.5. The Morgan fingerprint density at radius 2 is 1.18 bits per heavy atom. The molecule has 0 aromatic heterocycles. The van der Waals surface area contributed by atoms with E-state index >= 15 is 0 Å². The molecule has 0 aliphatic carbocycles. The fraction of sp³-hybridized carbons (Fsp3) is 0.474. The molecule has 0 fully saturated rings. The second-order valence-electron chi connectivity index (χ2n) is 7.60. The van der Waals surface area contributed by atoms with Crippen LogP contribution in [0.1, 0.15) is 58.2 Å². The molecule has 0 aliphatic rings. The summed E-state index contributed by atoms with van der Waals surface area (Å²) >= 11 is 0. The van der Waals surface area contributed by atoms with Crippen LogP contribution in [0.15, 0.2) is 30.3 Å². The van der Waals surface area contributed by atoms with Crippen LogP contribution in [-0.2, 0) is 16.8 Å². The van der Waals surface area contributed by atoms with Crippen LogP contribution in [0.25, 0.3) is 10.8 Å². The minimum Gasteiger partial charge on any atom is -0.386 e. The van der Waals surface area contributed by atoms with Gasteiger partial charge in [0.25, 0.3) is 0 Å². The first-order chi connectivity index (χ1) is 9.82. The average molecular weight is 302 g/mol. The molecule has 0 aliphatic heterocycles. The molecule has 0 saturated heterocycles. The summed E-state index contributed by atoms with van der Waals surface area (Å²) in [4.78, 5) is 0. The fourth-order valence-electron chi connectivity index (χ4n) is 2.78. The molecule has 2 aromatic rings. The Hall–Kier alpha value is -1.42. The smallest absolute Gasteiger partial charge is 0.0846 e. The van der Waals surface area contributed by atoms with Crippen LogP contribution >= 0.6 is 0 Å². The summed E-state index contributed by atoms with van der Waals surface area (Å²) in [6.07, 6.45) is 0. The highest BCUT2D eigenvalue weighted by Gasteiger charge is 2.27. The van der Waals surface area contributed by atoms with E-state index in [0.717, 1.165) is 21.9 Å². The SMILES string of the molecule is CC(C)(O)c1cc(C(C)(C)O)c2cccc(C(C)(C)O)c2c1. The summed E-state index contributed by atoms with van der Waals surface area (Å²) in [6, 6.07) is 9.44. The van der Waals surface area contributed by atoms with Gasteiger partial charge >= 0.3 is 0 Å². The van der Waals surface area contributed by atoms with E-state index in [-0.39, 0.29) is 0 Å². The third-order valence-electron chi connectivity index (χ3n) is 4.02. The topological polar surface area (TPSA) is 60.7 Å². The molecule has 0 radical (unpaired) electrons. The van der Waals surface area contributed by atoms with Crippen molar-refractivity contribution in [2.24, 2.45) is 0 Å². The number of hydrogen-bond donors (Lipinski definition) is 3. The first-order valence-electron chi connectivity index (χ1n) is 7.57. The minimum atomic E-state index is -1.04. The number of benzene rings is 2. The molecule has 0 bridgehead atoms. The number of hydrogen-bond acceptors (Lipinski definition) is 3. The molecule has 3 N–H and O–H groups in total. The first-order valence-corrected chi connectivity index (χ1v) is 7.57. The van der Waals surface area contributed by atoms with Crippen molar-refractivity contribution in [3.05, 3.63) is 47.0 Å². The van der Waals surface area contributed by atoms with Gasteiger partial charge < -0.3 is 15.3 Å². The lowest BCUT2D eigenvalue weighted by atomic mass is 9.83. The summed E-state index contributed by atoms with van der Waals surface area (Å²) < 4.78 is 0. The Morgan fingerprint density at radius 1 is 0.636 bits per heavy atom. The first kappa shape index (κ1) is 16.9. The quantitative estimate of drug-likeness (QED) is 0.813. The lowest BCUT2D eigenvalue weighted by molar-refractivity contribution is 0.0720. The van der Waals surface area contributed by atoms with Gasteiger partial charge in [0, 0.05) is 0 Å². The van der Waals surface area contributed by atoms with Gasteiger partial charge in [-0.25, -0.2) is 0 Å². The fourth-order valence-corrected chi connectivity index (χ4v) is 2.78. The Balaban J connectivity index is 2.96. The minimum absolute atomic E-state index is 0.717. The van der Waals surface area contributed by atoms with E-state index < -0.39 is 16.8 Å². The van der Waals surface area contributed by atoms with Gasteiger partial charge in [-0.2, -0.15) is 0 Å². The lowest BCUT2D eigenvalue weighted by Gasteiger charge is -2.28. The van der Waals surface area contributed by atoms with Crippen molar-refractivity contribution in [2.75, 3.05) is 0 Å². The molecule has 2 aromatic carbocycles. The predicted molar refractivity (Wildman–Crippen MR) is 89.7 cm³/mol. The molecule has 0 spiro atoms. The Morgan fingerprint density at radius 3 is 1.64 bits per heavy atom. The van der Waals surface area contributed by atoms with Gasteiger partial charge in [0.2, 0.25) is 0 Å². The zero-order valence-corrected chi connectivity index (χ0v) is 14.2.